The summed E-state index contributed by atoms with van der Waals surface area (Å²) in [5.74, 6) is -0.361. The lowest BCUT2D eigenvalue weighted by atomic mass is 10.1. The smallest absolute Gasteiger partial charge is 0.253 e. The zero-order valence-corrected chi connectivity index (χ0v) is 11.5. The fourth-order valence-electron chi connectivity index (χ4n) is 2.21. The quantitative estimate of drug-likeness (QED) is 0.328. The van der Waals surface area contributed by atoms with Crippen LogP contribution in [-0.2, 0) is 14.4 Å². The molecule has 2 amide bonds. The lowest BCUT2D eigenvalue weighted by Crippen LogP contribution is -2.30. The van der Waals surface area contributed by atoms with Crippen LogP contribution in [-0.4, -0.2) is 29.5 Å². The van der Waals surface area contributed by atoms with Crippen molar-refractivity contribution < 1.29 is 14.4 Å². The van der Waals surface area contributed by atoms with Crippen molar-refractivity contribution in [3.05, 3.63) is 12.2 Å². The van der Waals surface area contributed by atoms with Crippen molar-refractivity contribution in [3.8, 4) is 0 Å². The summed E-state index contributed by atoms with van der Waals surface area (Å²) in [6.45, 7) is 0.546. The van der Waals surface area contributed by atoms with Crippen LogP contribution in [0.3, 0.4) is 0 Å². The molecule has 0 aromatic carbocycles. The van der Waals surface area contributed by atoms with Crippen LogP contribution >= 0.6 is 0 Å². The van der Waals surface area contributed by atoms with Gasteiger partial charge in [-0.1, -0.05) is 38.5 Å². The van der Waals surface area contributed by atoms with Gasteiger partial charge in [-0.2, -0.15) is 0 Å². The Labute approximate surface area is 114 Å². The number of carbonyl (C=O) groups excluding carboxylic acids is 3. The van der Waals surface area contributed by atoms with E-state index in [1.165, 1.54) is 36.3 Å². The molecule has 1 rings (SSSR count). The van der Waals surface area contributed by atoms with Crippen molar-refractivity contribution in [2.75, 3.05) is 6.54 Å². The third-order valence-corrected chi connectivity index (χ3v) is 3.35. The van der Waals surface area contributed by atoms with E-state index >= 15 is 0 Å². The van der Waals surface area contributed by atoms with E-state index in [0.717, 1.165) is 38.4 Å². The standard InChI is InChI=1S/C15H23NO3/c17-13-9-7-5-3-1-2-4-6-8-12-16-14(18)10-11-15(16)19/h10-11,13H,1-9,12H2. The highest BCUT2D eigenvalue weighted by Crippen LogP contribution is 2.11. The molecule has 4 heteroatoms. The topological polar surface area (TPSA) is 54.5 Å². The molecule has 0 atom stereocenters. The third kappa shape index (κ3) is 6.32. The number of imide groups is 1. The number of aldehydes is 1. The van der Waals surface area contributed by atoms with E-state index in [9.17, 15) is 14.4 Å². The lowest BCUT2D eigenvalue weighted by molar-refractivity contribution is -0.136. The van der Waals surface area contributed by atoms with Gasteiger partial charge in [-0.05, 0) is 12.8 Å². The minimum Gasteiger partial charge on any atom is -0.303 e. The van der Waals surface area contributed by atoms with Crippen LogP contribution in [0.2, 0.25) is 0 Å². The van der Waals surface area contributed by atoms with Gasteiger partial charge in [0.05, 0.1) is 0 Å². The highest BCUT2D eigenvalue weighted by molar-refractivity contribution is 6.12. The average Bonchev–Trinajstić information content (AvgIpc) is 2.72. The maximum atomic E-state index is 11.3. The van der Waals surface area contributed by atoms with E-state index in [1.807, 2.05) is 0 Å². The number of unbranched alkanes of at least 4 members (excludes halogenated alkanes) is 8. The third-order valence-electron chi connectivity index (χ3n) is 3.35. The van der Waals surface area contributed by atoms with Gasteiger partial charge in [-0.15, -0.1) is 0 Å². The van der Waals surface area contributed by atoms with Crippen molar-refractivity contribution in [3.63, 3.8) is 0 Å². The highest BCUT2D eigenvalue weighted by atomic mass is 16.2. The van der Waals surface area contributed by atoms with Crippen LogP contribution in [0.25, 0.3) is 0 Å². The number of nitrogens with zero attached hydrogens (tertiary/aromatic N) is 1. The molecule has 0 aromatic rings. The van der Waals surface area contributed by atoms with Crippen molar-refractivity contribution in [2.45, 2.75) is 57.8 Å². The van der Waals surface area contributed by atoms with Gasteiger partial charge in [0, 0.05) is 25.1 Å². The van der Waals surface area contributed by atoms with Gasteiger partial charge < -0.3 is 4.79 Å². The minimum absolute atomic E-state index is 0.180. The molecule has 0 saturated heterocycles. The molecule has 0 N–H and O–H groups in total. The summed E-state index contributed by atoms with van der Waals surface area (Å²) >= 11 is 0. The van der Waals surface area contributed by atoms with Crippen LogP contribution in [0.4, 0.5) is 0 Å². The predicted molar refractivity (Wildman–Crippen MR) is 73.5 cm³/mol. The van der Waals surface area contributed by atoms with Gasteiger partial charge in [0.1, 0.15) is 6.29 Å². The predicted octanol–water partition coefficient (Wildman–Crippen LogP) is 2.62. The van der Waals surface area contributed by atoms with Crippen LogP contribution in [0.15, 0.2) is 12.2 Å². The van der Waals surface area contributed by atoms with Crippen LogP contribution in [0.5, 0.6) is 0 Å². The van der Waals surface area contributed by atoms with Gasteiger partial charge in [0.2, 0.25) is 0 Å². The van der Waals surface area contributed by atoms with Gasteiger partial charge in [0.15, 0.2) is 0 Å². The molecule has 1 aliphatic rings. The van der Waals surface area contributed by atoms with Crippen molar-refractivity contribution in [1.29, 1.82) is 0 Å². The fourth-order valence-corrected chi connectivity index (χ4v) is 2.21. The Morgan fingerprint density at radius 2 is 1.26 bits per heavy atom. The average molecular weight is 265 g/mol. The molecule has 19 heavy (non-hydrogen) atoms. The van der Waals surface area contributed by atoms with Gasteiger partial charge >= 0.3 is 0 Å². The first kappa shape index (κ1) is 15.6. The van der Waals surface area contributed by atoms with Crippen LogP contribution in [0, 0.1) is 0 Å². The van der Waals surface area contributed by atoms with E-state index in [2.05, 4.69) is 0 Å². The highest BCUT2D eigenvalue weighted by Gasteiger charge is 2.21. The second-order valence-electron chi connectivity index (χ2n) is 4.95. The minimum atomic E-state index is -0.180. The summed E-state index contributed by atoms with van der Waals surface area (Å²) in [5, 5.41) is 0. The Morgan fingerprint density at radius 3 is 1.79 bits per heavy atom. The second kappa shape index (κ2) is 9.48. The van der Waals surface area contributed by atoms with Crippen molar-refractivity contribution >= 4 is 18.1 Å². The first-order valence-corrected chi connectivity index (χ1v) is 7.23. The number of rotatable bonds is 11. The molecule has 0 fully saturated rings. The molecule has 0 saturated carbocycles. The van der Waals surface area contributed by atoms with Crippen LogP contribution < -0.4 is 0 Å². The molecule has 1 aliphatic heterocycles. The molecule has 0 unspecified atom stereocenters. The number of carbonyl (C=O) groups is 3. The summed E-state index contributed by atoms with van der Waals surface area (Å²) < 4.78 is 0. The summed E-state index contributed by atoms with van der Waals surface area (Å²) in [6.07, 6.45) is 13.2. The summed E-state index contributed by atoms with van der Waals surface area (Å²) in [4.78, 5) is 34.0. The van der Waals surface area contributed by atoms with E-state index in [1.54, 1.807) is 0 Å². The molecule has 4 nitrogen and oxygen atoms in total. The summed E-state index contributed by atoms with van der Waals surface area (Å²) in [7, 11) is 0. The lowest BCUT2D eigenvalue weighted by Gasteiger charge is -2.12. The largest absolute Gasteiger partial charge is 0.303 e. The van der Waals surface area contributed by atoms with Gasteiger partial charge in [-0.25, -0.2) is 0 Å². The molecule has 106 valence electrons. The Bertz CT molecular complexity index is 318. The molecular formula is C15H23NO3. The fraction of sp³-hybridized carbons (Fsp3) is 0.667. The zero-order chi connectivity index (χ0) is 13.9. The Balaban J connectivity index is 1.88. The van der Waals surface area contributed by atoms with E-state index in [4.69, 9.17) is 0 Å². The SMILES string of the molecule is O=CCCCCCCCCCCN1C(=O)C=CC1=O. The summed E-state index contributed by atoms with van der Waals surface area (Å²) in [6, 6.07) is 0. The molecule has 0 radical (unpaired) electrons. The van der Waals surface area contributed by atoms with Crippen LogP contribution in [0.1, 0.15) is 57.8 Å². The first-order chi connectivity index (χ1) is 9.25. The van der Waals surface area contributed by atoms with E-state index in [-0.39, 0.29) is 11.8 Å². The Kier molecular flexibility index (Phi) is 7.78. The maximum Gasteiger partial charge on any atom is 0.253 e. The Hall–Kier alpha value is -1.45. The molecule has 0 bridgehead atoms. The van der Waals surface area contributed by atoms with Gasteiger partial charge in [0.25, 0.3) is 11.8 Å². The number of amides is 2. The maximum absolute atomic E-state index is 11.3. The number of hydrogen-bond donors (Lipinski definition) is 0. The van der Waals surface area contributed by atoms with E-state index < -0.39 is 0 Å². The second-order valence-corrected chi connectivity index (χ2v) is 4.95. The summed E-state index contributed by atoms with van der Waals surface area (Å²) in [5.41, 5.74) is 0. The molecule has 0 aromatic heterocycles. The monoisotopic (exact) mass is 265 g/mol. The van der Waals surface area contributed by atoms with Crippen molar-refractivity contribution in [2.24, 2.45) is 0 Å². The molecular weight excluding hydrogens is 242 g/mol. The molecule has 0 spiro atoms. The first-order valence-electron chi connectivity index (χ1n) is 7.23. The number of hydrogen-bond acceptors (Lipinski definition) is 3. The Morgan fingerprint density at radius 1 is 0.789 bits per heavy atom. The van der Waals surface area contributed by atoms with E-state index in [0.29, 0.717) is 13.0 Å². The van der Waals surface area contributed by atoms with Gasteiger partial charge in [-0.3, -0.25) is 14.5 Å². The van der Waals surface area contributed by atoms with Crippen molar-refractivity contribution in [1.82, 2.24) is 4.90 Å². The normalized spacial score (nSPS) is 14.4. The molecule has 1 heterocycles. The zero-order valence-electron chi connectivity index (χ0n) is 11.5. The molecule has 0 aliphatic carbocycles.